The zero-order valence-corrected chi connectivity index (χ0v) is 20.9. The second-order valence-electron chi connectivity index (χ2n) is 7.53. The van der Waals surface area contributed by atoms with Gasteiger partial charge in [0.05, 0.1) is 10.7 Å². The van der Waals surface area contributed by atoms with E-state index in [-0.39, 0.29) is 24.0 Å². The van der Waals surface area contributed by atoms with Crippen molar-refractivity contribution >= 4 is 41.3 Å². The minimum Gasteiger partial charge on any atom is -0.356 e. The molecule has 6 nitrogen and oxygen atoms in total. The van der Waals surface area contributed by atoms with Crippen LogP contribution in [0.15, 0.2) is 4.99 Å². The van der Waals surface area contributed by atoms with E-state index in [1.165, 1.54) is 9.88 Å². The predicted octanol–water partition coefficient (Wildman–Crippen LogP) is 2.36. The summed E-state index contributed by atoms with van der Waals surface area (Å²) in [6.45, 7) is 15.2. The number of hydrogen-bond acceptors (Lipinski definition) is 5. The number of rotatable bonds is 7. The van der Waals surface area contributed by atoms with Crippen LogP contribution in [0.2, 0.25) is 0 Å². The maximum Gasteiger partial charge on any atom is 0.191 e. The standard InChI is InChI=1S/C19H36N6S.HI/c1-14(2)17(25-11-9-24(6)10-12-25)13-22-19(20-5)21-8-7-18-23-15(3)16(4)26-18;/h14,17H,7-13H2,1-6H3,(H2,20,21,22);1H. The van der Waals surface area contributed by atoms with E-state index in [9.17, 15) is 0 Å². The average Bonchev–Trinajstić information content (AvgIpc) is 2.92. The second-order valence-corrected chi connectivity index (χ2v) is 8.82. The Balaban J connectivity index is 0.00000364. The molecule has 1 atom stereocenters. The van der Waals surface area contributed by atoms with E-state index in [1.54, 1.807) is 11.3 Å². The minimum absolute atomic E-state index is 0. The van der Waals surface area contributed by atoms with Crippen molar-refractivity contribution in [3.05, 3.63) is 15.6 Å². The number of halogens is 1. The molecule has 2 rings (SSSR count). The first-order valence-electron chi connectivity index (χ1n) is 9.70. The summed E-state index contributed by atoms with van der Waals surface area (Å²) in [4.78, 5) is 15.3. The third-order valence-electron chi connectivity index (χ3n) is 5.18. The lowest BCUT2D eigenvalue weighted by Gasteiger charge is -2.40. The SMILES string of the molecule is CN=C(NCCc1nc(C)c(C)s1)NCC(C(C)C)N1CCN(C)CC1.I. The molecule has 0 radical (unpaired) electrons. The number of piperazine rings is 1. The molecule has 2 heterocycles. The fourth-order valence-corrected chi connectivity index (χ4v) is 4.23. The molecule has 0 aromatic carbocycles. The number of nitrogens with one attached hydrogen (secondary N) is 2. The molecular formula is C19H37IN6S. The number of aryl methyl sites for hydroxylation is 2. The first-order valence-corrected chi connectivity index (χ1v) is 10.5. The van der Waals surface area contributed by atoms with Crippen molar-refractivity contribution < 1.29 is 0 Å². The highest BCUT2D eigenvalue weighted by Gasteiger charge is 2.25. The summed E-state index contributed by atoms with van der Waals surface area (Å²) in [5.74, 6) is 1.50. The maximum absolute atomic E-state index is 4.61. The van der Waals surface area contributed by atoms with Gasteiger partial charge >= 0.3 is 0 Å². The van der Waals surface area contributed by atoms with Gasteiger partial charge in [-0.1, -0.05) is 13.8 Å². The van der Waals surface area contributed by atoms with Crippen LogP contribution < -0.4 is 10.6 Å². The Hall–Kier alpha value is -0.450. The molecule has 0 spiro atoms. The van der Waals surface area contributed by atoms with Crippen LogP contribution in [0.5, 0.6) is 0 Å². The Morgan fingerprint density at radius 3 is 2.37 bits per heavy atom. The first-order chi connectivity index (χ1) is 12.4. The molecule has 1 saturated heterocycles. The Kier molecular flexibility index (Phi) is 11.1. The molecule has 1 aromatic rings. The number of thiazole rings is 1. The van der Waals surface area contributed by atoms with Crippen LogP contribution in [0.1, 0.15) is 29.4 Å². The molecule has 0 aliphatic carbocycles. The topological polar surface area (TPSA) is 55.8 Å². The van der Waals surface area contributed by atoms with Crippen LogP contribution in [-0.4, -0.2) is 80.1 Å². The first kappa shape index (κ1) is 24.6. The lowest BCUT2D eigenvalue weighted by molar-refractivity contribution is 0.0900. The number of aromatic nitrogens is 1. The molecule has 8 heteroatoms. The maximum atomic E-state index is 4.61. The summed E-state index contributed by atoms with van der Waals surface area (Å²) in [5.41, 5.74) is 1.15. The number of hydrogen-bond donors (Lipinski definition) is 2. The van der Waals surface area contributed by atoms with E-state index in [0.717, 1.165) is 57.3 Å². The molecule has 0 amide bonds. The predicted molar refractivity (Wildman–Crippen MR) is 128 cm³/mol. The van der Waals surface area contributed by atoms with Gasteiger partial charge in [-0.2, -0.15) is 0 Å². The molecular weight excluding hydrogens is 471 g/mol. The number of likely N-dealkylation sites (N-methyl/N-ethyl adjacent to an activating group) is 1. The second kappa shape index (κ2) is 12.2. The van der Waals surface area contributed by atoms with Gasteiger partial charge in [-0.15, -0.1) is 35.3 Å². The van der Waals surface area contributed by atoms with E-state index in [4.69, 9.17) is 0 Å². The van der Waals surface area contributed by atoms with Gasteiger partial charge in [0.2, 0.25) is 0 Å². The summed E-state index contributed by atoms with van der Waals surface area (Å²) in [6.07, 6.45) is 0.937. The molecule has 1 unspecified atom stereocenters. The van der Waals surface area contributed by atoms with Gasteiger partial charge in [0.15, 0.2) is 5.96 Å². The largest absolute Gasteiger partial charge is 0.356 e. The van der Waals surface area contributed by atoms with Crippen LogP contribution in [-0.2, 0) is 6.42 Å². The van der Waals surface area contributed by atoms with Crippen molar-refractivity contribution in [2.45, 2.75) is 40.2 Å². The number of aliphatic imine (C=N–C) groups is 1. The molecule has 0 bridgehead atoms. The smallest absolute Gasteiger partial charge is 0.191 e. The molecule has 27 heavy (non-hydrogen) atoms. The highest BCUT2D eigenvalue weighted by Crippen LogP contribution is 2.16. The number of guanidine groups is 1. The van der Waals surface area contributed by atoms with Crippen molar-refractivity contribution in [2.75, 3.05) is 53.4 Å². The summed E-state index contributed by atoms with van der Waals surface area (Å²) in [7, 11) is 4.05. The zero-order valence-electron chi connectivity index (χ0n) is 17.7. The molecule has 0 saturated carbocycles. The van der Waals surface area contributed by atoms with Crippen LogP contribution in [0.3, 0.4) is 0 Å². The molecule has 156 valence electrons. The van der Waals surface area contributed by atoms with Crippen molar-refractivity contribution in [1.29, 1.82) is 0 Å². The monoisotopic (exact) mass is 508 g/mol. The van der Waals surface area contributed by atoms with Gasteiger partial charge in [0.1, 0.15) is 0 Å². The van der Waals surface area contributed by atoms with Gasteiger partial charge in [-0.25, -0.2) is 4.98 Å². The Morgan fingerprint density at radius 2 is 1.85 bits per heavy atom. The molecule has 1 aliphatic heterocycles. The third-order valence-corrected chi connectivity index (χ3v) is 6.32. The van der Waals surface area contributed by atoms with Crippen molar-refractivity contribution in [1.82, 2.24) is 25.4 Å². The van der Waals surface area contributed by atoms with Crippen LogP contribution in [0, 0.1) is 19.8 Å². The van der Waals surface area contributed by atoms with E-state index < -0.39 is 0 Å². The quantitative estimate of drug-likeness (QED) is 0.337. The Labute approximate surface area is 186 Å². The Bertz CT molecular complexity index is 561. The lowest BCUT2D eigenvalue weighted by atomic mass is 10.0. The Morgan fingerprint density at radius 1 is 1.19 bits per heavy atom. The van der Waals surface area contributed by atoms with E-state index in [0.29, 0.717) is 12.0 Å². The lowest BCUT2D eigenvalue weighted by Crippen LogP contribution is -2.55. The van der Waals surface area contributed by atoms with Crippen molar-refractivity contribution in [3.8, 4) is 0 Å². The van der Waals surface area contributed by atoms with Gasteiger partial charge in [-0.3, -0.25) is 9.89 Å². The summed E-state index contributed by atoms with van der Waals surface area (Å²) < 4.78 is 0. The highest BCUT2D eigenvalue weighted by atomic mass is 127. The zero-order chi connectivity index (χ0) is 19.1. The van der Waals surface area contributed by atoms with Gasteiger partial charge in [0.25, 0.3) is 0 Å². The van der Waals surface area contributed by atoms with Gasteiger partial charge < -0.3 is 15.5 Å². The highest BCUT2D eigenvalue weighted by molar-refractivity contribution is 14.0. The van der Waals surface area contributed by atoms with Crippen molar-refractivity contribution in [2.24, 2.45) is 10.9 Å². The van der Waals surface area contributed by atoms with Gasteiger partial charge in [0, 0.05) is 63.7 Å². The summed E-state index contributed by atoms with van der Waals surface area (Å²) in [6, 6.07) is 0.534. The van der Waals surface area contributed by atoms with Crippen LogP contribution in [0.4, 0.5) is 0 Å². The van der Waals surface area contributed by atoms with Crippen LogP contribution >= 0.6 is 35.3 Å². The average molecular weight is 509 g/mol. The fraction of sp³-hybridized carbons (Fsp3) is 0.789. The van der Waals surface area contributed by atoms with E-state index in [1.807, 2.05) is 7.05 Å². The molecule has 2 N–H and O–H groups in total. The fourth-order valence-electron chi connectivity index (χ4n) is 3.30. The van der Waals surface area contributed by atoms with E-state index >= 15 is 0 Å². The summed E-state index contributed by atoms with van der Waals surface area (Å²) >= 11 is 1.79. The van der Waals surface area contributed by atoms with Crippen LogP contribution in [0.25, 0.3) is 0 Å². The van der Waals surface area contributed by atoms with Gasteiger partial charge in [-0.05, 0) is 26.8 Å². The molecule has 1 fully saturated rings. The van der Waals surface area contributed by atoms with Crippen molar-refractivity contribution in [3.63, 3.8) is 0 Å². The normalized spacial score (nSPS) is 17.7. The summed E-state index contributed by atoms with van der Waals surface area (Å²) in [5, 5.41) is 8.15. The third kappa shape index (κ3) is 7.83. The minimum atomic E-state index is 0. The van der Waals surface area contributed by atoms with E-state index in [2.05, 4.69) is 65.2 Å². The molecule has 1 aliphatic rings. The number of nitrogens with zero attached hydrogens (tertiary/aromatic N) is 4. The molecule has 1 aromatic heterocycles.